The molecular weight excluding hydrogens is 318 g/mol. The van der Waals surface area contributed by atoms with Gasteiger partial charge in [0.1, 0.15) is 11.6 Å². The second-order valence-electron chi connectivity index (χ2n) is 5.91. The Hall–Kier alpha value is -2.60. The third-order valence-corrected chi connectivity index (χ3v) is 3.92. The Morgan fingerprint density at radius 3 is 2.84 bits per heavy atom. The predicted molar refractivity (Wildman–Crippen MR) is 96.9 cm³/mol. The molecule has 0 radical (unpaired) electrons. The summed E-state index contributed by atoms with van der Waals surface area (Å²) in [6, 6.07) is 13.1. The summed E-state index contributed by atoms with van der Waals surface area (Å²) in [7, 11) is 0. The molecule has 1 aromatic carbocycles. The van der Waals surface area contributed by atoms with Gasteiger partial charge in [0.05, 0.1) is 31.0 Å². The second-order valence-corrected chi connectivity index (χ2v) is 5.91. The van der Waals surface area contributed by atoms with Crippen LogP contribution in [0.3, 0.4) is 0 Å². The molecule has 25 heavy (non-hydrogen) atoms. The van der Waals surface area contributed by atoms with E-state index in [1.807, 2.05) is 42.5 Å². The van der Waals surface area contributed by atoms with Crippen LogP contribution >= 0.6 is 0 Å². The minimum Gasteiger partial charge on any atom is -0.493 e. The normalized spacial score (nSPS) is 16.4. The largest absolute Gasteiger partial charge is 0.493 e. The summed E-state index contributed by atoms with van der Waals surface area (Å²) in [4.78, 5) is 16.2. The van der Waals surface area contributed by atoms with Crippen molar-refractivity contribution < 1.29 is 14.3 Å². The van der Waals surface area contributed by atoms with Crippen LogP contribution in [0.15, 0.2) is 48.7 Å². The molecule has 0 saturated carbocycles. The summed E-state index contributed by atoms with van der Waals surface area (Å²) >= 11 is 0. The number of pyridine rings is 1. The molecule has 1 amide bonds. The van der Waals surface area contributed by atoms with Gasteiger partial charge in [-0.3, -0.25) is 4.79 Å². The Morgan fingerprint density at radius 2 is 2.12 bits per heavy atom. The number of amides is 1. The van der Waals surface area contributed by atoms with Crippen LogP contribution in [0.25, 0.3) is 0 Å². The molecule has 1 aromatic heterocycles. The van der Waals surface area contributed by atoms with E-state index in [-0.39, 0.29) is 18.4 Å². The Kier molecular flexibility index (Phi) is 6.23. The third-order valence-electron chi connectivity index (χ3n) is 3.92. The Morgan fingerprint density at radius 1 is 1.24 bits per heavy atom. The zero-order valence-electron chi connectivity index (χ0n) is 14.1. The SMILES string of the molecule is O=C(CCOc1ccccc1)Nc1ccc(NCC2CCCO2)nc1. The fourth-order valence-electron chi connectivity index (χ4n) is 2.60. The molecule has 0 aliphatic carbocycles. The van der Waals surface area contributed by atoms with Gasteiger partial charge in [-0.25, -0.2) is 4.98 Å². The number of nitrogens with zero attached hydrogens (tertiary/aromatic N) is 1. The average Bonchev–Trinajstić information content (AvgIpc) is 3.16. The van der Waals surface area contributed by atoms with E-state index in [0.29, 0.717) is 12.3 Å². The van der Waals surface area contributed by atoms with Crippen LogP contribution in [0.4, 0.5) is 11.5 Å². The van der Waals surface area contributed by atoms with Gasteiger partial charge in [-0.1, -0.05) is 18.2 Å². The first-order valence-corrected chi connectivity index (χ1v) is 8.59. The van der Waals surface area contributed by atoms with E-state index >= 15 is 0 Å². The molecule has 1 fully saturated rings. The lowest BCUT2D eigenvalue weighted by atomic mass is 10.2. The third kappa shape index (κ3) is 5.76. The molecule has 1 aliphatic rings. The minimum absolute atomic E-state index is 0.0993. The van der Waals surface area contributed by atoms with Gasteiger partial charge in [-0.2, -0.15) is 0 Å². The van der Waals surface area contributed by atoms with Crippen molar-refractivity contribution in [2.75, 3.05) is 30.4 Å². The molecule has 1 aliphatic heterocycles. The lowest BCUT2D eigenvalue weighted by Gasteiger charge is -2.11. The van der Waals surface area contributed by atoms with Crippen LogP contribution in [0.5, 0.6) is 5.75 Å². The van der Waals surface area contributed by atoms with Crippen molar-refractivity contribution in [2.24, 2.45) is 0 Å². The number of para-hydroxylation sites is 1. The highest BCUT2D eigenvalue weighted by Gasteiger charge is 2.14. The number of carbonyl (C=O) groups excluding carboxylic acids is 1. The van der Waals surface area contributed by atoms with Crippen molar-refractivity contribution in [3.8, 4) is 5.75 Å². The van der Waals surface area contributed by atoms with Gasteiger partial charge >= 0.3 is 0 Å². The monoisotopic (exact) mass is 341 g/mol. The van der Waals surface area contributed by atoms with Crippen molar-refractivity contribution in [3.63, 3.8) is 0 Å². The summed E-state index contributed by atoms with van der Waals surface area (Å²) in [6.45, 7) is 1.94. The van der Waals surface area contributed by atoms with E-state index in [1.165, 1.54) is 0 Å². The molecule has 1 unspecified atom stereocenters. The molecule has 0 spiro atoms. The summed E-state index contributed by atoms with van der Waals surface area (Å²) < 4.78 is 11.1. The number of aromatic nitrogens is 1. The van der Waals surface area contributed by atoms with Gasteiger partial charge in [0.25, 0.3) is 0 Å². The van der Waals surface area contributed by atoms with E-state index in [9.17, 15) is 4.79 Å². The molecule has 6 nitrogen and oxygen atoms in total. The number of nitrogens with one attached hydrogen (secondary N) is 2. The number of hydrogen-bond acceptors (Lipinski definition) is 5. The molecule has 132 valence electrons. The van der Waals surface area contributed by atoms with Gasteiger partial charge in [-0.15, -0.1) is 0 Å². The zero-order valence-corrected chi connectivity index (χ0v) is 14.1. The van der Waals surface area contributed by atoms with Crippen LogP contribution in [0, 0.1) is 0 Å². The van der Waals surface area contributed by atoms with Gasteiger partial charge in [-0.05, 0) is 37.1 Å². The lowest BCUT2D eigenvalue weighted by molar-refractivity contribution is -0.116. The number of hydrogen-bond donors (Lipinski definition) is 2. The van der Waals surface area contributed by atoms with Crippen LogP contribution in [-0.2, 0) is 9.53 Å². The van der Waals surface area contributed by atoms with Gasteiger partial charge in [0.2, 0.25) is 5.91 Å². The fourth-order valence-corrected chi connectivity index (χ4v) is 2.60. The number of anilines is 2. The molecule has 6 heteroatoms. The zero-order chi connectivity index (χ0) is 17.3. The standard InChI is InChI=1S/C19H23N3O3/c23-19(10-12-25-16-5-2-1-3-6-16)22-15-8-9-18(20-13-15)21-14-17-7-4-11-24-17/h1-3,5-6,8-9,13,17H,4,7,10-12,14H2,(H,20,21)(H,22,23). The Balaban J connectivity index is 1.37. The van der Waals surface area contributed by atoms with Crippen molar-refractivity contribution in [1.82, 2.24) is 4.98 Å². The second kappa shape index (κ2) is 9.03. The Labute approximate surface area is 147 Å². The molecule has 1 atom stereocenters. The maximum absolute atomic E-state index is 11.9. The van der Waals surface area contributed by atoms with Crippen LogP contribution < -0.4 is 15.4 Å². The first-order valence-electron chi connectivity index (χ1n) is 8.59. The maximum atomic E-state index is 11.9. The van der Waals surface area contributed by atoms with Crippen molar-refractivity contribution in [2.45, 2.75) is 25.4 Å². The molecule has 0 bridgehead atoms. The van der Waals surface area contributed by atoms with Gasteiger partial charge in [0.15, 0.2) is 0 Å². The van der Waals surface area contributed by atoms with E-state index < -0.39 is 0 Å². The molecular formula is C19H23N3O3. The summed E-state index contributed by atoms with van der Waals surface area (Å²) in [5.74, 6) is 1.44. The molecule has 2 N–H and O–H groups in total. The highest BCUT2D eigenvalue weighted by atomic mass is 16.5. The Bertz CT molecular complexity index is 655. The van der Waals surface area contributed by atoms with Crippen molar-refractivity contribution >= 4 is 17.4 Å². The highest BCUT2D eigenvalue weighted by molar-refractivity contribution is 5.90. The molecule has 1 saturated heterocycles. The summed E-state index contributed by atoms with van der Waals surface area (Å²) in [5.41, 5.74) is 0.673. The van der Waals surface area contributed by atoms with Gasteiger partial charge < -0.3 is 20.1 Å². The van der Waals surface area contributed by atoms with E-state index in [0.717, 1.165) is 37.6 Å². The molecule has 3 rings (SSSR count). The number of benzene rings is 1. The highest BCUT2D eigenvalue weighted by Crippen LogP contribution is 2.14. The topological polar surface area (TPSA) is 72.5 Å². The number of ether oxygens (including phenoxy) is 2. The quantitative estimate of drug-likeness (QED) is 0.772. The molecule has 2 aromatic rings. The van der Waals surface area contributed by atoms with Gasteiger partial charge in [0, 0.05) is 13.2 Å². The summed E-state index contributed by atoms with van der Waals surface area (Å²) in [6.07, 6.45) is 4.41. The first kappa shape index (κ1) is 17.2. The smallest absolute Gasteiger partial charge is 0.227 e. The first-order chi connectivity index (χ1) is 12.3. The van der Waals surface area contributed by atoms with E-state index in [4.69, 9.17) is 9.47 Å². The fraction of sp³-hybridized carbons (Fsp3) is 0.368. The predicted octanol–water partition coefficient (Wildman–Crippen LogP) is 3.08. The lowest BCUT2D eigenvalue weighted by Crippen LogP contribution is -2.19. The van der Waals surface area contributed by atoms with Crippen LogP contribution in [-0.4, -0.2) is 36.8 Å². The number of carbonyl (C=O) groups is 1. The minimum atomic E-state index is -0.0993. The van der Waals surface area contributed by atoms with E-state index in [1.54, 1.807) is 6.20 Å². The van der Waals surface area contributed by atoms with E-state index in [2.05, 4.69) is 15.6 Å². The average molecular weight is 341 g/mol. The van der Waals surface area contributed by atoms with Crippen molar-refractivity contribution in [1.29, 1.82) is 0 Å². The molecule has 2 heterocycles. The van der Waals surface area contributed by atoms with Crippen molar-refractivity contribution in [3.05, 3.63) is 48.7 Å². The number of rotatable bonds is 8. The summed E-state index contributed by atoms with van der Waals surface area (Å²) in [5, 5.41) is 6.07. The van der Waals surface area contributed by atoms with Crippen LogP contribution in [0.1, 0.15) is 19.3 Å². The maximum Gasteiger partial charge on any atom is 0.227 e. The van der Waals surface area contributed by atoms with Crippen LogP contribution in [0.2, 0.25) is 0 Å².